The lowest BCUT2D eigenvalue weighted by Gasteiger charge is -2.00. The standard InChI is InChI=1S/C14H15N5OS/c15-5-14(20)16-6-11-8-19(18-17-11)7-10-9-21-13-4-2-1-3-12(10)13/h1-4,8-9H,5-7,15H2,(H,16,20). The molecular formula is C14H15N5OS. The minimum atomic E-state index is -0.201. The number of nitrogens with zero attached hydrogens (tertiary/aromatic N) is 3. The van der Waals surface area contributed by atoms with Gasteiger partial charge in [-0.15, -0.1) is 16.4 Å². The van der Waals surface area contributed by atoms with Crippen molar-refractivity contribution in [3.63, 3.8) is 0 Å². The van der Waals surface area contributed by atoms with Crippen LogP contribution in [-0.2, 0) is 17.9 Å². The second-order valence-electron chi connectivity index (χ2n) is 4.65. The van der Waals surface area contributed by atoms with E-state index in [1.165, 1.54) is 15.6 Å². The molecule has 0 atom stereocenters. The number of fused-ring (bicyclic) bond motifs is 1. The van der Waals surface area contributed by atoms with E-state index in [4.69, 9.17) is 5.73 Å². The van der Waals surface area contributed by atoms with E-state index in [2.05, 4.69) is 33.1 Å². The molecule has 0 unspecified atom stereocenters. The molecule has 0 radical (unpaired) electrons. The van der Waals surface area contributed by atoms with Gasteiger partial charge in [-0.05, 0) is 22.4 Å². The van der Waals surface area contributed by atoms with Crippen LogP contribution in [-0.4, -0.2) is 27.4 Å². The van der Waals surface area contributed by atoms with E-state index in [0.29, 0.717) is 13.1 Å². The second-order valence-corrected chi connectivity index (χ2v) is 5.56. The smallest absolute Gasteiger partial charge is 0.234 e. The molecule has 0 spiro atoms. The van der Waals surface area contributed by atoms with Crippen molar-refractivity contribution in [3.05, 3.63) is 47.1 Å². The normalized spacial score (nSPS) is 10.9. The van der Waals surface area contributed by atoms with Crippen LogP contribution in [0.1, 0.15) is 11.3 Å². The third kappa shape index (κ3) is 3.09. The summed E-state index contributed by atoms with van der Waals surface area (Å²) in [5.74, 6) is -0.201. The molecule has 2 aromatic heterocycles. The summed E-state index contributed by atoms with van der Waals surface area (Å²) in [7, 11) is 0. The fourth-order valence-corrected chi connectivity index (χ4v) is 3.04. The van der Waals surface area contributed by atoms with Crippen LogP contribution in [0.4, 0.5) is 0 Å². The van der Waals surface area contributed by atoms with Crippen molar-refractivity contribution >= 4 is 27.3 Å². The number of nitrogens with one attached hydrogen (secondary N) is 1. The van der Waals surface area contributed by atoms with Gasteiger partial charge in [0.15, 0.2) is 0 Å². The lowest BCUT2D eigenvalue weighted by Crippen LogP contribution is -2.29. The fourth-order valence-electron chi connectivity index (χ4n) is 2.09. The molecule has 0 saturated carbocycles. The van der Waals surface area contributed by atoms with Crippen LogP contribution in [0.3, 0.4) is 0 Å². The summed E-state index contributed by atoms with van der Waals surface area (Å²) < 4.78 is 3.04. The van der Waals surface area contributed by atoms with E-state index in [-0.39, 0.29) is 12.5 Å². The monoisotopic (exact) mass is 301 g/mol. The summed E-state index contributed by atoms with van der Waals surface area (Å²) in [6.45, 7) is 0.997. The predicted octanol–water partition coefficient (Wildman–Crippen LogP) is 1.12. The molecule has 1 amide bonds. The van der Waals surface area contributed by atoms with Crippen LogP contribution in [0.15, 0.2) is 35.8 Å². The maximum atomic E-state index is 11.1. The molecule has 3 rings (SSSR count). The first kappa shape index (κ1) is 13.7. The molecule has 0 fully saturated rings. The first-order valence-electron chi connectivity index (χ1n) is 6.57. The van der Waals surface area contributed by atoms with Gasteiger partial charge < -0.3 is 11.1 Å². The summed E-state index contributed by atoms with van der Waals surface area (Å²) in [6, 6.07) is 8.29. The van der Waals surface area contributed by atoms with E-state index in [1.54, 1.807) is 16.0 Å². The first-order chi connectivity index (χ1) is 10.3. The average molecular weight is 301 g/mol. The highest BCUT2D eigenvalue weighted by molar-refractivity contribution is 7.17. The largest absolute Gasteiger partial charge is 0.349 e. The van der Waals surface area contributed by atoms with Crippen LogP contribution < -0.4 is 11.1 Å². The van der Waals surface area contributed by atoms with Crippen LogP contribution in [0, 0.1) is 0 Å². The van der Waals surface area contributed by atoms with Gasteiger partial charge in [-0.1, -0.05) is 23.4 Å². The van der Waals surface area contributed by atoms with Gasteiger partial charge in [0, 0.05) is 4.70 Å². The summed E-state index contributed by atoms with van der Waals surface area (Å²) in [5, 5.41) is 14.2. The van der Waals surface area contributed by atoms with Crippen molar-refractivity contribution in [2.75, 3.05) is 6.54 Å². The van der Waals surface area contributed by atoms with Crippen molar-refractivity contribution in [3.8, 4) is 0 Å². The molecule has 0 aliphatic carbocycles. The maximum Gasteiger partial charge on any atom is 0.234 e. The van der Waals surface area contributed by atoms with Gasteiger partial charge in [-0.2, -0.15) is 0 Å². The molecule has 108 valence electrons. The average Bonchev–Trinajstić information content (AvgIpc) is 3.13. The molecule has 21 heavy (non-hydrogen) atoms. The Bertz CT molecular complexity index is 763. The highest BCUT2D eigenvalue weighted by Gasteiger charge is 2.07. The third-order valence-electron chi connectivity index (χ3n) is 3.13. The highest BCUT2D eigenvalue weighted by Crippen LogP contribution is 2.25. The lowest BCUT2D eigenvalue weighted by atomic mass is 10.2. The Morgan fingerprint density at radius 2 is 2.24 bits per heavy atom. The Balaban J connectivity index is 1.71. The predicted molar refractivity (Wildman–Crippen MR) is 81.9 cm³/mol. The van der Waals surface area contributed by atoms with Gasteiger partial charge >= 0.3 is 0 Å². The summed E-state index contributed by atoms with van der Waals surface area (Å²) in [5.41, 5.74) is 7.17. The number of hydrogen-bond donors (Lipinski definition) is 2. The highest BCUT2D eigenvalue weighted by atomic mass is 32.1. The van der Waals surface area contributed by atoms with E-state index in [9.17, 15) is 4.79 Å². The summed E-state index contributed by atoms with van der Waals surface area (Å²) in [4.78, 5) is 11.1. The molecule has 0 aliphatic rings. The number of amides is 1. The molecule has 1 aromatic carbocycles. The number of nitrogens with two attached hydrogens (primary N) is 1. The molecular weight excluding hydrogens is 286 g/mol. The Kier molecular flexibility index (Phi) is 3.94. The molecule has 0 aliphatic heterocycles. The zero-order valence-electron chi connectivity index (χ0n) is 11.3. The van der Waals surface area contributed by atoms with Gasteiger partial charge in [0.25, 0.3) is 0 Å². The van der Waals surface area contributed by atoms with Crippen LogP contribution >= 0.6 is 11.3 Å². The zero-order valence-corrected chi connectivity index (χ0v) is 12.1. The number of rotatable bonds is 5. The first-order valence-corrected chi connectivity index (χ1v) is 7.45. The van der Waals surface area contributed by atoms with Crippen molar-refractivity contribution in [2.24, 2.45) is 5.73 Å². The summed E-state index contributed by atoms with van der Waals surface area (Å²) >= 11 is 1.72. The summed E-state index contributed by atoms with van der Waals surface area (Å²) in [6.07, 6.45) is 1.84. The van der Waals surface area contributed by atoms with Gasteiger partial charge in [-0.25, -0.2) is 4.68 Å². The zero-order chi connectivity index (χ0) is 14.7. The molecule has 0 saturated heterocycles. The fraction of sp³-hybridized carbons (Fsp3) is 0.214. The van der Waals surface area contributed by atoms with E-state index < -0.39 is 0 Å². The number of carbonyl (C=O) groups excluding carboxylic acids is 1. The Hall–Kier alpha value is -2.25. The van der Waals surface area contributed by atoms with Gasteiger partial charge in [0.1, 0.15) is 5.69 Å². The van der Waals surface area contributed by atoms with Gasteiger partial charge in [-0.3, -0.25) is 4.79 Å². The van der Waals surface area contributed by atoms with Crippen molar-refractivity contribution in [1.82, 2.24) is 20.3 Å². The molecule has 2 heterocycles. The Labute approximate surface area is 125 Å². The maximum absolute atomic E-state index is 11.1. The Morgan fingerprint density at radius 1 is 1.38 bits per heavy atom. The molecule has 0 bridgehead atoms. The quantitative estimate of drug-likeness (QED) is 0.739. The third-order valence-corrected chi connectivity index (χ3v) is 4.14. The lowest BCUT2D eigenvalue weighted by molar-refractivity contribution is -0.119. The topological polar surface area (TPSA) is 85.8 Å². The number of thiophene rings is 1. The van der Waals surface area contributed by atoms with Crippen molar-refractivity contribution < 1.29 is 4.79 Å². The SMILES string of the molecule is NCC(=O)NCc1cn(Cc2csc3ccccc23)nn1. The number of carbonyl (C=O) groups is 1. The minimum Gasteiger partial charge on any atom is -0.349 e. The van der Waals surface area contributed by atoms with E-state index >= 15 is 0 Å². The van der Waals surface area contributed by atoms with Crippen LogP contribution in [0.2, 0.25) is 0 Å². The van der Waals surface area contributed by atoms with Gasteiger partial charge in [0.05, 0.1) is 25.8 Å². The van der Waals surface area contributed by atoms with Crippen molar-refractivity contribution in [1.29, 1.82) is 0 Å². The molecule has 3 N–H and O–H groups in total. The number of aromatic nitrogens is 3. The van der Waals surface area contributed by atoms with Crippen LogP contribution in [0.25, 0.3) is 10.1 Å². The van der Waals surface area contributed by atoms with Crippen molar-refractivity contribution in [2.45, 2.75) is 13.1 Å². The number of hydrogen-bond acceptors (Lipinski definition) is 5. The molecule has 7 heteroatoms. The van der Waals surface area contributed by atoms with Crippen LogP contribution in [0.5, 0.6) is 0 Å². The van der Waals surface area contributed by atoms with E-state index in [1.807, 2.05) is 18.3 Å². The van der Waals surface area contributed by atoms with Gasteiger partial charge in [0.2, 0.25) is 5.91 Å². The minimum absolute atomic E-state index is 0.0188. The Morgan fingerprint density at radius 3 is 3.10 bits per heavy atom. The second kappa shape index (κ2) is 6.02. The van der Waals surface area contributed by atoms with E-state index in [0.717, 1.165) is 5.69 Å². The number of benzene rings is 1. The molecule has 6 nitrogen and oxygen atoms in total. The molecule has 3 aromatic rings.